The summed E-state index contributed by atoms with van der Waals surface area (Å²) < 4.78 is 0. The molecule has 8 nitrogen and oxygen atoms in total. The van der Waals surface area contributed by atoms with Gasteiger partial charge in [0.15, 0.2) is 0 Å². The van der Waals surface area contributed by atoms with E-state index < -0.39 is 0 Å². The van der Waals surface area contributed by atoms with Crippen LogP contribution >= 0.6 is 0 Å². The molecule has 2 saturated heterocycles. The van der Waals surface area contributed by atoms with Crippen LogP contribution in [0.5, 0.6) is 0 Å². The summed E-state index contributed by atoms with van der Waals surface area (Å²) in [5.41, 5.74) is 2.10. The van der Waals surface area contributed by atoms with Gasteiger partial charge in [0.1, 0.15) is 0 Å². The maximum absolute atomic E-state index is 13.2. The normalized spacial score (nSPS) is 21.3. The molecule has 31 heavy (non-hydrogen) atoms. The summed E-state index contributed by atoms with van der Waals surface area (Å²) in [4.78, 5) is 45.4. The Morgan fingerprint density at radius 3 is 2.52 bits per heavy atom. The highest BCUT2D eigenvalue weighted by atomic mass is 16.2. The van der Waals surface area contributed by atoms with E-state index in [0.717, 1.165) is 37.6 Å². The monoisotopic (exact) mass is 422 g/mol. The maximum atomic E-state index is 13.2. The zero-order chi connectivity index (χ0) is 22.0. The lowest BCUT2D eigenvalue weighted by atomic mass is 9.91. The SMILES string of the molecule is Cc1ncccc1C(=O)N1C[C@H](C(=O)N(C)C)[C@@H](c2ccnc(N3CCCCC3)n2)C1. The van der Waals surface area contributed by atoms with E-state index in [-0.39, 0.29) is 23.7 Å². The van der Waals surface area contributed by atoms with E-state index in [2.05, 4.69) is 14.9 Å². The summed E-state index contributed by atoms with van der Waals surface area (Å²) in [6.45, 7) is 4.57. The lowest BCUT2D eigenvalue weighted by Gasteiger charge is -2.27. The van der Waals surface area contributed by atoms with Crippen LogP contribution < -0.4 is 4.90 Å². The van der Waals surface area contributed by atoms with Crippen LogP contribution in [-0.4, -0.2) is 76.8 Å². The Balaban J connectivity index is 1.62. The first-order valence-electron chi connectivity index (χ1n) is 11.0. The van der Waals surface area contributed by atoms with Gasteiger partial charge < -0.3 is 14.7 Å². The van der Waals surface area contributed by atoms with Crippen molar-refractivity contribution in [3.63, 3.8) is 0 Å². The molecule has 4 heterocycles. The second-order valence-electron chi connectivity index (χ2n) is 8.62. The molecule has 2 amide bonds. The van der Waals surface area contributed by atoms with Gasteiger partial charge in [-0.2, -0.15) is 0 Å². The van der Waals surface area contributed by atoms with Gasteiger partial charge in [-0.25, -0.2) is 9.97 Å². The molecule has 2 fully saturated rings. The summed E-state index contributed by atoms with van der Waals surface area (Å²) in [7, 11) is 3.52. The number of pyridine rings is 1. The number of aryl methyl sites for hydroxylation is 1. The number of hydrogen-bond acceptors (Lipinski definition) is 6. The molecule has 0 aliphatic carbocycles. The van der Waals surface area contributed by atoms with Crippen molar-refractivity contribution < 1.29 is 9.59 Å². The van der Waals surface area contributed by atoms with E-state index >= 15 is 0 Å². The molecule has 0 bridgehead atoms. The molecule has 0 saturated carbocycles. The average molecular weight is 423 g/mol. The van der Waals surface area contributed by atoms with Crippen molar-refractivity contribution in [2.75, 3.05) is 45.2 Å². The summed E-state index contributed by atoms with van der Waals surface area (Å²) in [5, 5.41) is 0. The Hall–Kier alpha value is -3.03. The number of anilines is 1. The van der Waals surface area contributed by atoms with Gasteiger partial charge in [0.2, 0.25) is 11.9 Å². The number of nitrogens with zero attached hydrogens (tertiary/aromatic N) is 6. The third-order valence-corrected chi connectivity index (χ3v) is 6.29. The van der Waals surface area contributed by atoms with Crippen LogP contribution in [0.1, 0.15) is 46.9 Å². The number of carbonyl (C=O) groups excluding carboxylic acids is 2. The highest BCUT2D eigenvalue weighted by molar-refractivity contribution is 5.96. The van der Waals surface area contributed by atoms with E-state index in [1.165, 1.54) is 6.42 Å². The minimum atomic E-state index is -0.333. The number of aromatic nitrogens is 3. The zero-order valence-corrected chi connectivity index (χ0v) is 18.5. The maximum Gasteiger partial charge on any atom is 0.255 e. The number of hydrogen-bond donors (Lipinski definition) is 0. The summed E-state index contributed by atoms with van der Waals surface area (Å²) >= 11 is 0. The van der Waals surface area contributed by atoms with Crippen molar-refractivity contribution in [3.05, 3.63) is 47.5 Å². The van der Waals surface area contributed by atoms with Crippen LogP contribution in [0, 0.1) is 12.8 Å². The molecule has 0 spiro atoms. The Bertz CT molecular complexity index is 957. The van der Waals surface area contributed by atoms with Gasteiger partial charge in [-0.3, -0.25) is 14.6 Å². The molecule has 8 heteroatoms. The third kappa shape index (κ3) is 4.38. The lowest BCUT2D eigenvalue weighted by Crippen LogP contribution is -2.35. The first kappa shape index (κ1) is 21.2. The molecule has 0 unspecified atom stereocenters. The first-order valence-corrected chi connectivity index (χ1v) is 11.0. The zero-order valence-electron chi connectivity index (χ0n) is 18.5. The van der Waals surface area contributed by atoms with Crippen molar-refractivity contribution in [2.24, 2.45) is 5.92 Å². The Kier molecular flexibility index (Phi) is 6.15. The van der Waals surface area contributed by atoms with Gasteiger partial charge >= 0.3 is 0 Å². The second kappa shape index (κ2) is 8.99. The van der Waals surface area contributed by atoms with Gasteiger partial charge in [-0.05, 0) is 44.4 Å². The van der Waals surface area contributed by atoms with Crippen LogP contribution in [-0.2, 0) is 4.79 Å². The molecule has 0 aromatic carbocycles. The van der Waals surface area contributed by atoms with Crippen molar-refractivity contribution in [3.8, 4) is 0 Å². The molecule has 4 rings (SSSR count). The van der Waals surface area contributed by atoms with Crippen molar-refractivity contribution in [2.45, 2.75) is 32.1 Å². The van der Waals surface area contributed by atoms with Gasteiger partial charge in [0, 0.05) is 64.3 Å². The predicted molar refractivity (Wildman–Crippen MR) is 118 cm³/mol. The van der Waals surface area contributed by atoms with Crippen LogP contribution in [0.25, 0.3) is 0 Å². The largest absolute Gasteiger partial charge is 0.349 e. The van der Waals surface area contributed by atoms with E-state index in [1.54, 1.807) is 48.4 Å². The standard InChI is InChI=1S/C23H30N6O2/c1-16-17(8-7-10-24-16)22(31)29-14-18(19(15-29)21(30)27(2)3)20-9-11-25-23(26-20)28-12-5-4-6-13-28/h7-11,18-19H,4-6,12-15H2,1-3H3/t18-,19-/m0/s1. The number of amides is 2. The van der Waals surface area contributed by atoms with E-state index in [9.17, 15) is 9.59 Å². The van der Waals surface area contributed by atoms with Crippen LogP contribution in [0.3, 0.4) is 0 Å². The summed E-state index contributed by atoms with van der Waals surface area (Å²) in [6, 6.07) is 5.45. The van der Waals surface area contributed by atoms with Crippen molar-refractivity contribution in [1.82, 2.24) is 24.8 Å². The van der Waals surface area contributed by atoms with Crippen LogP contribution in [0.15, 0.2) is 30.6 Å². The summed E-state index contributed by atoms with van der Waals surface area (Å²) in [6.07, 6.45) is 6.99. The van der Waals surface area contributed by atoms with Gasteiger partial charge in [-0.15, -0.1) is 0 Å². The fraction of sp³-hybridized carbons (Fsp3) is 0.522. The number of carbonyl (C=O) groups is 2. The fourth-order valence-electron chi connectivity index (χ4n) is 4.55. The third-order valence-electron chi connectivity index (χ3n) is 6.29. The quantitative estimate of drug-likeness (QED) is 0.751. The van der Waals surface area contributed by atoms with Crippen LogP contribution in [0.4, 0.5) is 5.95 Å². The number of piperidine rings is 1. The molecule has 2 aromatic heterocycles. The second-order valence-corrected chi connectivity index (χ2v) is 8.62. The van der Waals surface area contributed by atoms with Crippen LogP contribution in [0.2, 0.25) is 0 Å². The molecule has 0 radical (unpaired) electrons. The number of likely N-dealkylation sites (tertiary alicyclic amines) is 1. The minimum absolute atomic E-state index is 0.0151. The first-order chi connectivity index (χ1) is 15.0. The molecule has 0 N–H and O–H groups in total. The summed E-state index contributed by atoms with van der Waals surface area (Å²) in [5.74, 6) is 0.153. The van der Waals surface area contributed by atoms with E-state index in [1.807, 2.05) is 13.0 Å². The van der Waals surface area contributed by atoms with E-state index in [4.69, 9.17) is 4.98 Å². The predicted octanol–water partition coefficient (Wildman–Crippen LogP) is 2.11. The molecule has 2 atom stereocenters. The Labute approximate surface area is 183 Å². The van der Waals surface area contributed by atoms with Crippen molar-refractivity contribution in [1.29, 1.82) is 0 Å². The van der Waals surface area contributed by atoms with Gasteiger partial charge in [0.25, 0.3) is 5.91 Å². The average Bonchev–Trinajstić information content (AvgIpc) is 3.24. The number of rotatable bonds is 4. The topological polar surface area (TPSA) is 82.5 Å². The smallest absolute Gasteiger partial charge is 0.255 e. The highest BCUT2D eigenvalue weighted by Crippen LogP contribution is 2.34. The van der Waals surface area contributed by atoms with Gasteiger partial charge in [-0.1, -0.05) is 0 Å². The Morgan fingerprint density at radius 2 is 1.81 bits per heavy atom. The highest BCUT2D eigenvalue weighted by Gasteiger charge is 2.42. The molecule has 2 aliphatic rings. The lowest BCUT2D eigenvalue weighted by molar-refractivity contribution is -0.132. The minimum Gasteiger partial charge on any atom is -0.349 e. The molecule has 2 aromatic rings. The van der Waals surface area contributed by atoms with E-state index in [0.29, 0.717) is 24.3 Å². The molecular weight excluding hydrogens is 392 g/mol. The van der Waals surface area contributed by atoms with Gasteiger partial charge in [0.05, 0.1) is 17.2 Å². The Morgan fingerprint density at radius 1 is 1.03 bits per heavy atom. The molecule has 2 aliphatic heterocycles. The fourth-order valence-corrected chi connectivity index (χ4v) is 4.55. The molecular formula is C23H30N6O2. The molecule has 164 valence electrons. The van der Waals surface area contributed by atoms with Crippen molar-refractivity contribution >= 4 is 17.8 Å².